The Hall–Kier alpha value is -2.69. The van der Waals surface area contributed by atoms with E-state index >= 15 is 0 Å². The number of carbonyl (C=O) groups excluding carboxylic acids is 1. The summed E-state index contributed by atoms with van der Waals surface area (Å²) in [5.74, 6) is -0.332. The average Bonchev–Trinajstić information content (AvgIpc) is 2.64. The summed E-state index contributed by atoms with van der Waals surface area (Å²) in [4.78, 5) is 12.3. The third-order valence-electron chi connectivity index (χ3n) is 3.71. The summed E-state index contributed by atoms with van der Waals surface area (Å²) in [6, 6.07) is 8.76. The number of benzene rings is 2. The van der Waals surface area contributed by atoms with Crippen molar-refractivity contribution in [2.75, 3.05) is 11.9 Å². The minimum atomic E-state index is -4.55. The average molecular weight is 457 g/mol. The van der Waals surface area contributed by atoms with Gasteiger partial charge < -0.3 is 10.1 Å². The van der Waals surface area contributed by atoms with Crippen LogP contribution < -0.4 is 10.1 Å². The summed E-state index contributed by atoms with van der Waals surface area (Å²) in [7, 11) is 0. The molecule has 0 aromatic heterocycles. The van der Waals surface area contributed by atoms with Gasteiger partial charge in [0, 0.05) is 5.69 Å². The zero-order valence-electron chi connectivity index (χ0n) is 16.0. The van der Waals surface area contributed by atoms with Gasteiger partial charge in [-0.25, -0.2) is 0 Å². The molecule has 4 nitrogen and oxygen atoms in total. The maximum absolute atomic E-state index is 12.8. The molecule has 158 valence electrons. The Balaban J connectivity index is 2.25. The third-order valence-corrected chi connectivity index (χ3v) is 4.27. The van der Waals surface area contributed by atoms with Gasteiger partial charge in [-0.3, -0.25) is 4.79 Å². The lowest BCUT2D eigenvalue weighted by molar-refractivity contribution is -0.137. The van der Waals surface area contributed by atoms with Gasteiger partial charge in [-0.15, -0.1) is 0 Å². The van der Waals surface area contributed by atoms with Crippen molar-refractivity contribution in [1.29, 1.82) is 5.26 Å². The third kappa shape index (κ3) is 6.41. The van der Waals surface area contributed by atoms with Crippen LogP contribution in [-0.4, -0.2) is 12.5 Å². The lowest BCUT2D eigenvalue weighted by atomic mass is 10.1. The smallest absolute Gasteiger partial charge is 0.416 e. The minimum absolute atomic E-state index is 0.0931. The van der Waals surface area contributed by atoms with E-state index in [1.807, 2.05) is 13.8 Å². The minimum Gasteiger partial charge on any atom is -0.490 e. The Morgan fingerprint density at radius 1 is 1.23 bits per heavy atom. The lowest BCUT2D eigenvalue weighted by Crippen LogP contribution is -2.14. The Bertz CT molecular complexity index is 989. The van der Waals surface area contributed by atoms with Crippen molar-refractivity contribution in [3.05, 3.63) is 63.1 Å². The highest BCUT2D eigenvalue weighted by Gasteiger charge is 2.30. The number of hydrogen-bond donors (Lipinski definition) is 1. The summed E-state index contributed by atoms with van der Waals surface area (Å²) >= 11 is 12.4. The molecule has 0 aliphatic rings. The van der Waals surface area contributed by atoms with Gasteiger partial charge in [-0.2, -0.15) is 18.4 Å². The van der Waals surface area contributed by atoms with E-state index in [-0.39, 0.29) is 33.0 Å². The van der Waals surface area contributed by atoms with Crippen molar-refractivity contribution >= 4 is 40.9 Å². The number of anilines is 1. The molecule has 2 aromatic rings. The molecule has 0 heterocycles. The predicted octanol–water partition coefficient (Wildman–Crippen LogP) is 6.59. The molecular weight excluding hydrogens is 440 g/mol. The van der Waals surface area contributed by atoms with Gasteiger partial charge in [0.1, 0.15) is 11.6 Å². The molecule has 2 rings (SSSR count). The standard InChI is InChI=1S/C21H17Cl2F3N2O2/c1-12(2)11-30-19-17(22)7-13(8-18(19)23)6-14(10-27)20(29)28-16-5-3-4-15(9-16)21(24,25)26/h3-9,12H,11H2,1-2H3,(H,28,29)/b14-6+. The fourth-order valence-electron chi connectivity index (χ4n) is 2.34. The molecule has 2 aromatic carbocycles. The summed E-state index contributed by atoms with van der Waals surface area (Å²) in [6.07, 6.45) is -3.32. The van der Waals surface area contributed by atoms with E-state index in [1.165, 1.54) is 24.3 Å². The number of alkyl halides is 3. The van der Waals surface area contributed by atoms with E-state index in [0.717, 1.165) is 18.2 Å². The highest BCUT2D eigenvalue weighted by Crippen LogP contribution is 2.35. The quantitative estimate of drug-likeness (QED) is 0.393. The monoisotopic (exact) mass is 456 g/mol. The Labute approximate surface area is 181 Å². The number of amides is 1. The maximum atomic E-state index is 12.8. The van der Waals surface area contributed by atoms with E-state index < -0.39 is 17.6 Å². The Morgan fingerprint density at radius 2 is 1.87 bits per heavy atom. The van der Waals surface area contributed by atoms with E-state index in [9.17, 15) is 23.2 Å². The molecule has 0 radical (unpaired) electrons. The topological polar surface area (TPSA) is 62.1 Å². The first-order valence-electron chi connectivity index (χ1n) is 8.73. The van der Waals surface area contributed by atoms with E-state index in [4.69, 9.17) is 27.9 Å². The van der Waals surface area contributed by atoms with Crippen molar-refractivity contribution in [2.24, 2.45) is 5.92 Å². The second-order valence-corrected chi connectivity index (χ2v) is 7.54. The molecule has 0 unspecified atom stereocenters. The Kier molecular flexibility index (Phi) is 7.77. The molecule has 30 heavy (non-hydrogen) atoms. The van der Waals surface area contributed by atoms with Gasteiger partial charge in [-0.1, -0.05) is 43.1 Å². The van der Waals surface area contributed by atoms with E-state index in [0.29, 0.717) is 12.2 Å². The van der Waals surface area contributed by atoms with Gasteiger partial charge in [0.2, 0.25) is 0 Å². The number of carbonyl (C=O) groups is 1. The van der Waals surface area contributed by atoms with Crippen molar-refractivity contribution in [1.82, 2.24) is 0 Å². The predicted molar refractivity (Wildman–Crippen MR) is 110 cm³/mol. The summed E-state index contributed by atoms with van der Waals surface area (Å²) in [5, 5.41) is 12.0. The molecule has 0 saturated heterocycles. The van der Waals surface area contributed by atoms with Crippen LogP contribution in [0.2, 0.25) is 10.0 Å². The van der Waals surface area contributed by atoms with Crippen molar-refractivity contribution in [3.63, 3.8) is 0 Å². The van der Waals surface area contributed by atoms with Gasteiger partial charge >= 0.3 is 6.18 Å². The zero-order chi connectivity index (χ0) is 22.5. The number of nitrogens with one attached hydrogen (secondary N) is 1. The molecule has 0 aliphatic heterocycles. The molecule has 0 aliphatic carbocycles. The molecule has 0 fully saturated rings. The van der Waals surface area contributed by atoms with Crippen LogP contribution in [0, 0.1) is 17.2 Å². The SMILES string of the molecule is CC(C)COc1c(Cl)cc(/C=C(\C#N)C(=O)Nc2cccc(C(F)(F)F)c2)cc1Cl. The fourth-order valence-corrected chi connectivity index (χ4v) is 2.95. The van der Waals surface area contributed by atoms with Crippen molar-refractivity contribution < 1.29 is 22.7 Å². The van der Waals surface area contributed by atoms with Crippen LogP contribution in [0.5, 0.6) is 5.75 Å². The lowest BCUT2D eigenvalue weighted by Gasteiger charge is -2.13. The number of halogens is 5. The molecule has 1 N–H and O–H groups in total. The maximum Gasteiger partial charge on any atom is 0.416 e. The zero-order valence-corrected chi connectivity index (χ0v) is 17.5. The number of hydrogen-bond acceptors (Lipinski definition) is 3. The number of nitrogens with zero attached hydrogens (tertiary/aromatic N) is 1. The fraction of sp³-hybridized carbons (Fsp3) is 0.238. The van der Waals surface area contributed by atoms with Crippen molar-refractivity contribution in [2.45, 2.75) is 20.0 Å². The van der Waals surface area contributed by atoms with E-state index in [2.05, 4.69) is 5.32 Å². The highest BCUT2D eigenvalue weighted by atomic mass is 35.5. The van der Waals surface area contributed by atoms with Gasteiger partial charge in [0.15, 0.2) is 5.75 Å². The molecule has 0 bridgehead atoms. The van der Waals surface area contributed by atoms with Crippen molar-refractivity contribution in [3.8, 4) is 11.8 Å². The molecule has 9 heteroatoms. The van der Waals surface area contributed by atoms with Gasteiger partial charge in [0.25, 0.3) is 5.91 Å². The summed E-state index contributed by atoms with van der Waals surface area (Å²) < 4.78 is 44.0. The summed E-state index contributed by atoms with van der Waals surface area (Å²) in [5.41, 5.74) is -0.990. The first kappa shape index (κ1) is 23.6. The van der Waals surface area contributed by atoms with Gasteiger partial charge in [-0.05, 0) is 47.9 Å². The van der Waals surface area contributed by atoms with Crippen LogP contribution in [0.15, 0.2) is 42.0 Å². The van der Waals surface area contributed by atoms with Crippen LogP contribution in [0.1, 0.15) is 25.0 Å². The van der Waals surface area contributed by atoms with E-state index in [1.54, 1.807) is 6.07 Å². The van der Waals surface area contributed by atoms with Crippen LogP contribution in [0.4, 0.5) is 18.9 Å². The first-order valence-corrected chi connectivity index (χ1v) is 9.49. The first-order chi connectivity index (χ1) is 14.0. The highest BCUT2D eigenvalue weighted by molar-refractivity contribution is 6.37. The molecule has 0 saturated carbocycles. The van der Waals surface area contributed by atoms with Crippen LogP contribution in [0.25, 0.3) is 6.08 Å². The Morgan fingerprint density at radius 3 is 2.40 bits per heavy atom. The van der Waals surface area contributed by atoms with Crippen LogP contribution >= 0.6 is 23.2 Å². The molecule has 0 spiro atoms. The molecule has 1 amide bonds. The largest absolute Gasteiger partial charge is 0.490 e. The number of ether oxygens (including phenoxy) is 1. The normalized spacial score (nSPS) is 11.9. The van der Waals surface area contributed by atoms with Crippen LogP contribution in [-0.2, 0) is 11.0 Å². The van der Waals surface area contributed by atoms with Crippen LogP contribution in [0.3, 0.4) is 0 Å². The summed E-state index contributed by atoms with van der Waals surface area (Å²) in [6.45, 7) is 4.32. The van der Waals surface area contributed by atoms with Gasteiger partial charge in [0.05, 0.1) is 22.2 Å². The number of rotatable bonds is 6. The molecule has 0 atom stereocenters. The second-order valence-electron chi connectivity index (χ2n) is 6.72. The number of nitriles is 1. The second kappa shape index (κ2) is 9.88. The molecular formula is C21H17Cl2F3N2O2.